The molecular weight excluding hydrogens is 865 g/mol. The van der Waals surface area contributed by atoms with Crippen molar-refractivity contribution >= 4 is 86.9 Å². The van der Waals surface area contributed by atoms with Gasteiger partial charge in [0.15, 0.2) is 15.8 Å². The molecule has 20 nitrogen and oxygen atoms in total. The van der Waals surface area contributed by atoms with E-state index in [1.54, 1.807) is 0 Å². The molecule has 0 amide bonds. The van der Waals surface area contributed by atoms with Gasteiger partial charge < -0.3 is 56.0 Å². The van der Waals surface area contributed by atoms with Crippen molar-refractivity contribution in [2.45, 2.75) is 30.5 Å². The summed E-state index contributed by atoms with van der Waals surface area (Å²) in [5.41, 5.74) is 4.03. The summed E-state index contributed by atoms with van der Waals surface area (Å²) in [5.74, 6) is -7.80. The molecule has 0 unspecified atom stereocenters. The number of carbonyl (C=O) groups excluding carboxylic acids is 4. The first-order chi connectivity index (χ1) is 24.0. The Morgan fingerprint density at radius 3 is 1.53 bits per heavy atom. The summed E-state index contributed by atoms with van der Waals surface area (Å²) in [6.45, 7) is 5.50. The molecule has 0 fully saturated rings. The van der Waals surface area contributed by atoms with Crippen molar-refractivity contribution in [1.82, 2.24) is 34.9 Å². The van der Waals surface area contributed by atoms with E-state index in [-0.39, 0.29) is 251 Å². The second kappa shape index (κ2) is 23.1. The van der Waals surface area contributed by atoms with Crippen molar-refractivity contribution in [2.24, 2.45) is 10.2 Å². The number of rotatable bonds is 12. The number of aromatic carboxylic acids is 4. The average molecular weight is 887 g/mol. The molecule has 5 aromatic rings. The number of thioether (sulfide) groups is 1. The minimum Gasteiger partial charge on any atom is -0.545 e. The molecule has 0 radical (unpaired) electrons. The first-order valence-electron chi connectivity index (χ1n) is 14.2. The Hall–Kier alpha value is -0.00455. The van der Waals surface area contributed by atoms with Crippen molar-refractivity contribution in [1.29, 1.82) is 0 Å². The van der Waals surface area contributed by atoms with Crippen LogP contribution < -0.4 is 242 Å². The van der Waals surface area contributed by atoms with Crippen LogP contribution in [0.3, 0.4) is 0 Å². The van der Waals surface area contributed by atoms with Crippen LogP contribution in [-0.4, -0.2) is 65.1 Å². The molecule has 262 valence electrons. The Morgan fingerprint density at radius 1 is 0.727 bits per heavy atom. The van der Waals surface area contributed by atoms with Crippen LogP contribution in [-0.2, 0) is 5.41 Å². The van der Waals surface area contributed by atoms with Crippen LogP contribution in [0.1, 0.15) is 67.9 Å². The molecule has 26 heteroatoms. The zero-order valence-electron chi connectivity index (χ0n) is 30.6. The molecule has 0 bridgehead atoms. The Morgan fingerprint density at radius 2 is 1.16 bits per heavy atom. The molecule has 0 aliphatic carbocycles. The van der Waals surface area contributed by atoms with Crippen LogP contribution in [0, 0.1) is 0 Å². The molecule has 2 aromatic carbocycles. The number of carbonyl (C=O) groups is 4. The number of nitrogens with one attached hydrogen (secondary N) is 2. The standard InChI is InChI=1S/C29H26N12O8S2.4K/c1-29(2,3)18-17(36-37-27-38-39-28(50-4)51-27)19(30)41(40-18)26-34-24(31-15-7-11(20(42)43)5-12(8-15)21(44)45)33-25(35-26)32-16-9-13(22(46)47)6-14(10-16)23(48)49;;;;/h5-10H,30H2,1-4H3,(H,42,43)(H,44,45)(H,46,47)(H,48,49)(H2,31,32,33,34,35);;;;/q;4*+1/p-4. The number of carboxylic acid groups (broad SMARTS) is 4. The van der Waals surface area contributed by atoms with E-state index in [1.807, 2.05) is 27.0 Å². The van der Waals surface area contributed by atoms with E-state index in [4.69, 9.17) is 5.73 Å². The number of nitrogens with two attached hydrogens (primary N) is 1. The van der Waals surface area contributed by atoms with Gasteiger partial charge in [0.05, 0.1) is 29.6 Å². The first kappa shape index (κ1) is 53.0. The minimum atomic E-state index is -1.68. The number of anilines is 5. The predicted octanol–water partition coefficient (Wildman–Crippen LogP) is -12.1. The normalized spacial score (nSPS) is 10.6. The third-order valence-corrected chi connectivity index (χ3v) is 8.33. The van der Waals surface area contributed by atoms with E-state index < -0.39 is 51.5 Å². The van der Waals surface area contributed by atoms with Gasteiger partial charge in [-0.3, -0.25) is 0 Å². The Kier molecular flexibility index (Phi) is 22.3. The summed E-state index contributed by atoms with van der Waals surface area (Å²) >= 11 is 2.57. The number of benzene rings is 2. The number of nitrogen functional groups attached to an aromatic ring is 1. The molecule has 5 rings (SSSR count). The number of carboxylic acids is 4. The first-order valence-corrected chi connectivity index (χ1v) is 16.2. The van der Waals surface area contributed by atoms with Crippen LogP contribution in [0.2, 0.25) is 0 Å². The third-order valence-electron chi connectivity index (χ3n) is 6.55. The zero-order valence-corrected chi connectivity index (χ0v) is 44.8. The topological polar surface area (TPSA) is 318 Å². The van der Waals surface area contributed by atoms with E-state index in [1.165, 1.54) is 23.1 Å². The van der Waals surface area contributed by atoms with Gasteiger partial charge in [-0.2, -0.15) is 24.7 Å². The number of aromatic nitrogens is 7. The fourth-order valence-corrected chi connectivity index (χ4v) is 5.38. The SMILES string of the molecule is CSc1nnc(N=Nc2c(C(C)(C)C)nn(-c3nc(Nc4cc(C(=O)[O-])cc(C(=O)[O-])c4)nc(Nc4cc(C(=O)[O-])cc(C(=O)[O-])c4)n3)c2N)s1.[K+].[K+].[K+].[K+]. The monoisotopic (exact) mass is 886 g/mol. The number of hydrogen-bond acceptors (Lipinski definition) is 21. The maximum absolute atomic E-state index is 11.6. The van der Waals surface area contributed by atoms with Gasteiger partial charge in [0.1, 0.15) is 0 Å². The van der Waals surface area contributed by atoms with Gasteiger partial charge in [0, 0.05) is 16.8 Å². The second-order valence-corrected chi connectivity index (χ2v) is 13.3. The molecule has 3 aromatic heterocycles. The minimum absolute atomic E-state index is 0. The van der Waals surface area contributed by atoms with E-state index in [2.05, 4.69) is 51.1 Å². The van der Waals surface area contributed by atoms with Gasteiger partial charge in [-0.15, -0.1) is 20.4 Å². The van der Waals surface area contributed by atoms with E-state index in [9.17, 15) is 39.6 Å². The van der Waals surface area contributed by atoms with Gasteiger partial charge in [-0.1, -0.05) is 43.9 Å². The molecule has 0 spiro atoms. The molecular formula is C29H22K4N12O8S2. The summed E-state index contributed by atoms with van der Waals surface area (Å²) in [4.78, 5) is 59.2. The van der Waals surface area contributed by atoms with Gasteiger partial charge in [-0.05, 0) is 64.9 Å². The van der Waals surface area contributed by atoms with Gasteiger partial charge in [0.2, 0.25) is 11.9 Å². The van der Waals surface area contributed by atoms with Crippen LogP contribution in [0.5, 0.6) is 0 Å². The summed E-state index contributed by atoms with van der Waals surface area (Å²) in [6.07, 6.45) is 1.83. The number of hydrogen-bond donors (Lipinski definition) is 3. The summed E-state index contributed by atoms with van der Waals surface area (Å²) < 4.78 is 1.75. The van der Waals surface area contributed by atoms with E-state index >= 15 is 0 Å². The second-order valence-electron chi connectivity index (χ2n) is 11.3. The van der Waals surface area contributed by atoms with Gasteiger partial charge >= 0.3 is 206 Å². The van der Waals surface area contributed by atoms with E-state index in [0.717, 1.165) is 41.1 Å². The molecule has 0 saturated heterocycles. The molecule has 0 aliphatic rings. The fourth-order valence-electron chi connectivity index (χ4n) is 4.30. The quantitative estimate of drug-likeness (QED) is 0.0595. The summed E-state index contributed by atoms with van der Waals surface area (Å²) in [6, 6.07) is 5.84. The maximum Gasteiger partial charge on any atom is 1.00 e. The average Bonchev–Trinajstić information content (AvgIpc) is 3.67. The maximum atomic E-state index is 11.6. The van der Waals surface area contributed by atoms with Crippen molar-refractivity contribution in [3.63, 3.8) is 0 Å². The van der Waals surface area contributed by atoms with Crippen molar-refractivity contribution in [3.05, 3.63) is 64.3 Å². The number of azo groups is 1. The Balaban J connectivity index is 0.00000378. The predicted molar refractivity (Wildman–Crippen MR) is 173 cm³/mol. The van der Waals surface area contributed by atoms with Crippen LogP contribution >= 0.6 is 23.1 Å². The van der Waals surface area contributed by atoms with Crippen LogP contribution in [0.4, 0.5) is 39.9 Å². The largest absolute Gasteiger partial charge is 1.00 e. The Bertz CT molecular complexity index is 2110. The summed E-state index contributed by atoms with van der Waals surface area (Å²) in [5, 5.41) is 73.0. The van der Waals surface area contributed by atoms with Gasteiger partial charge in [-0.25, -0.2) is 0 Å². The van der Waals surface area contributed by atoms with E-state index in [0.29, 0.717) is 10.0 Å². The molecule has 3 heterocycles. The smallest absolute Gasteiger partial charge is 0.545 e. The molecule has 0 saturated carbocycles. The molecule has 0 aliphatic heterocycles. The fraction of sp³-hybridized carbons (Fsp3) is 0.172. The number of nitrogens with zero attached hydrogens (tertiary/aromatic N) is 9. The molecule has 55 heavy (non-hydrogen) atoms. The van der Waals surface area contributed by atoms with Crippen LogP contribution in [0.25, 0.3) is 5.95 Å². The molecule has 0 atom stereocenters. The zero-order chi connectivity index (χ0) is 37.2. The van der Waals surface area contributed by atoms with Crippen molar-refractivity contribution in [2.75, 3.05) is 22.6 Å². The Labute approximate surface area is 490 Å². The van der Waals surface area contributed by atoms with Gasteiger partial charge in [0.25, 0.3) is 11.1 Å². The van der Waals surface area contributed by atoms with Crippen molar-refractivity contribution < 1.29 is 245 Å². The molecule has 4 N–H and O–H groups in total. The van der Waals surface area contributed by atoms with Crippen molar-refractivity contribution in [3.8, 4) is 5.95 Å². The third kappa shape index (κ3) is 14.0. The van der Waals surface area contributed by atoms with Crippen LogP contribution in [0.15, 0.2) is 51.0 Å². The summed E-state index contributed by atoms with van der Waals surface area (Å²) in [7, 11) is 0.